The number of alkyl halides is 1. The van der Waals surface area contributed by atoms with Crippen LogP contribution in [-0.4, -0.2) is 104 Å². The van der Waals surface area contributed by atoms with Crippen LogP contribution in [0.4, 0.5) is 4.39 Å². The lowest BCUT2D eigenvalue weighted by Gasteiger charge is -2.62. The Morgan fingerprint density at radius 1 is 1.07 bits per heavy atom. The maximum Gasteiger partial charge on any atom is 0.326 e. The molecule has 3 fully saturated rings. The summed E-state index contributed by atoms with van der Waals surface area (Å²) in [5.41, 5.74) is 2.50. The van der Waals surface area contributed by atoms with Gasteiger partial charge < -0.3 is 20.3 Å². The molecule has 0 spiro atoms. The third-order valence-corrected chi connectivity index (χ3v) is 10.1. The highest BCUT2D eigenvalue weighted by Crippen LogP contribution is 2.68. The fraction of sp³-hybridized carbons (Fsp3) is 0.714. The van der Waals surface area contributed by atoms with Crippen LogP contribution in [0.2, 0.25) is 0 Å². The van der Waals surface area contributed by atoms with E-state index in [-0.39, 0.29) is 18.1 Å². The third-order valence-electron chi connectivity index (χ3n) is 10.1. The third kappa shape index (κ3) is 6.87. The highest BCUT2D eigenvalue weighted by atomic mass is 19.1. The molecule has 0 radical (unpaired) electrons. The van der Waals surface area contributed by atoms with Crippen molar-refractivity contribution in [3.05, 3.63) is 23.8 Å². The molecule has 7 N–H and O–H groups in total. The van der Waals surface area contributed by atoms with E-state index in [2.05, 4.69) is 9.68 Å². The first-order valence-electron chi connectivity index (χ1n) is 14.6. The highest BCUT2D eigenvalue weighted by molar-refractivity contribution is 6.01. The van der Waals surface area contributed by atoms with Crippen LogP contribution in [0.5, 0.6) is 0 Å². The van der Waals surface area contributed by atoms with Crippen molar-refractivity contribution in [1.29, 1.82) is 0 Å². The topological polar surface area (TPSA) is 239 Å². The number of allylic oxidation sites excluding steroid dienone is 4. The molecule has 45 heavy (non-hydrogen) atoms. The molecule has 9 atom stereocenters. The maximum atomic E-state index is 17.1. The van der Waals surface area contributed by atoms with E-state index in [9.17, 15) is 24.3 Å². The Morgan fingerprint density at radius 3 is 2.44 bits per heavy atom. The number of Topliss-reactive ketones (excluding diaryl/α,β-unsaturated/α-hetero) is 1. The van der Waals surface area contributed by atoms with E-state index in [1.807, 2.05) is 6.92 Å². The Morgan fingerprint density at radius 2 is 1.78 bits per heavy atom. The summed E-state index contributed by atoms with van der Waals surface area (Å²) < 4.78 is 27.1. The van der Waals surface area contributed by atoms with E-state index >= 15 is 4.39 Å². The second-order valence-electron chi connectivity index (χ2n) is 12.6. The number of aliphatic hydroxyl groups excluding tert-OH is 1. The average Bonchev–Trinajstić information content (AvgIpc) is 3.30. The summed E-state index contributed by atoms with van der Waals surface area (Å²) in [6, 6.07) is -1.48. The minimum atomic E-state index is -2.01. The largest absolute Gasteiger partial charge is 0.463 e. The zero-order chi connectivity index (χ0) is 33.3. The molecule has 0 aromatic rings. The number of hydrogen-bond donors (Lipinski definition) is 6. The molecule has 0 aromatic heterocycles. The highest BCUT2D eigenvalue weighted by Gasteiger charge is 2.70. The SMILES string of the molecule is C[C@]12C[C@H](O)C3(F)[C@@H](CCC4=CC(=O)C=C[C@@]43C)C1CCC2C(=O)COC(=O)C(N)COC(=O)CC(CON(O)O)ON(O)O. The number of aliphatic hydroxyl groups is 1. The van der Waals surface area contributed by atoms with Gasteiger partial charge in [-0.05, 0) is 62.5 Å². The van der Waals surface area contributed by atoms with Gasteiger partial charge in [-0.2, -0.15) is 0 Å². The average molecular weight is 646 g/mol. The van der Waals surface area contributed by atoms with Gasteiger partial charge in [0.1, 0.15) is 32.0 Å². The van der Waals surface area contributed by atoms with Crippen molar-refractivity contribution in [1.82, 2.24) is 10.8 Å². The van der Waals surface area contributed by atoms with Crippen molar-refractivity contribution in [2.24, 2.45) is 34.3 Å². The molecule has 0 amide bonds. The lowest BCUT2D eigenvalue weighted by molar-refractivity contribution is -0.526. The number of ketones is 2. The number of carbonyl (C=O) groups excluding carboxylic acids is 4. The standard InChI is InChI=1S/C28H40FN3O13/c1-26-11-23(35)28(29)19(4-3-15-9-16(33)7-8-27(15,28)2)18(26)5-6-20(26)22(34)14-43-25(37)21(30)13-42-24(36)10-17(45-32(40)41)12-44-31(38)39/h7-9,17-21,23,35,38-41H,3-6,10-14,30H2,1-2H3/t17?,18?,19-,20?,21?,23-,26-,27-,28?/m0/s1. The van der Waals surface area contributed by atoms with Gasteiger partial charge in [-0.1, -0.05) is 18.6 Å². The van der Waals surface area contributed by atoms with Crippen molar-refractivity contribution < 1.29 is 68.7 Å². The van der Waals surface area contributed by atoms with Crippen LogP contribution in [0.1, 0.15) is 52.4 Å². The number of fused-ring (bicyclic) bond motifs is 5. The van der Waals surface area contributed by atoms with Gasteiger partial charge in [0.25, 0.3) is 0 Å². The van der Waals surface area contributed by atoms with Gasteiger partial charge >= 0.3 is 11.9 Å². The van der Waals surface area contributed by atoms with Crippen LogP contribution in [0, 0.1) is 28.6 Å². The summed E-state index contributed by atoms with van der Waals surface area (Å²) in [5.74, 6) is -4.06. The number of ether oxygens (including phenoxy) is 2. The van der Waals surface area contributed by atoms with Crippen LogP contribution < -0.4 is 5.73 Å². The number of carbonyl (C=O) groups is 4. The molecule has 4 aliphatic rings. The van der Waals surface area contributed by atoms with Crippen LogP contribution >= 0.6 is 0 Å². The molecule has 4 aliphatic carbocycles. The zero-order valence-corrected chi connectivity index (χ0v) is 24.9. The van der Waals surface area contributed by atoms with Gasteiger partial charge in [0.05, 0.1) is 23.3 Å². The van der Waals surface area contributed by atoms with Gasteiger partial charge in [0, 0.05) is 17.3 Å². The van der Waals surface area contributed by atoms with Crippen LogP contribution in [0.15, 0.2) is 23.8 Å². The van der Waals surface area contributed by atoms with E-state index in [1.165, 1.54) is 12.2 Å². The van der Waals surface area contributed by atoms with Crippen molar-refractivity contribution >= 4 is 23.5 Å². The Balaban J connectivity index is 1.31. The molecule has 0 bridgehead atoms. The minimum Gasteiger partial charge on any atom is -0.463 e. The van der Waals surface area contributed by atoms with E-state index in [0.717, 1.165) is 0 Å². The van der Waals surface area contributed by atoms with E-state index in [4.69, 9.17) is 36.0 Å². The number of halogens is 1. The molecule has 0 aliphatic heterocycles. The fourth-order valence-electron chi connectivity index (χ4n) is 7.99. The number of nitrogens with zero attached hydrogens (tertiary/aromatic N) is 2. The summed E-state index contributed by atoms with van der Waals surface area (Å²) in [7, 11) is 0. The monoisotopic (exact) mass is 645 g/mol. The van der Waals surface area contributed by atoms with Gasteiger partial charge in [0.2, 0.25) is 0 Å². The zero-order valence-electron chi connectivity index (χ0n) is 24.9. The molecule has 5 unspecified atom stereocenters. The van der Waals surface area contributed by atoms with Crippen LogP contribution in [0.3, 0.4) is 0 Å². The van der Waals surface area contributed by atoms with E-state index in [1.54, 1.807) is 13.0 Å². The lowest BCUT2D eigenvalue weighted by atomic mass is 9.45. The van der Waals surface area contributed by atoms with Crippen molar-refractivity contribution in [3.63, 3.8) is 0 Å². The van der Waals surface area contributed by atoms with Gasteiger partial charge in [-0.25, -0.2) is 14.1 Å². The van der Waals surface area contributed by atoms with Crippen LogP contribution in [0.25, 0.3) is 0 Å². The van der Waals surface area contributed by atoms with Crippen molar-refractivity contribution in [2.75, 3.05) is 19.8 Å². The van der Waals surface area contributed by atoms with E-state index < -0.39 is 101 Å². The van der Waals surface area contributed by atoms with Crippen molar-refractivity contribution in [3.8, 4) is 0 Å². The second kappa shape index (κ2) is 13.6. The smallest absolute Gasteiger partial charge is 0.326 e. The van der Waals surface area contributed by atoms with Gasteiger partial charge in [-0.15, -0.1) is 0 Å². The number of rotatable bonds is 13. The Kier molecular flexibility index (Phi) is 10.6. The predicted octanol–water partition coefficient (Wildman–Crippen LogP) is 0.739. The number of esters is 2. The Hall–Kier alpha value is -2.71. The van der Waals surface area contributed by atoms with Gasteiger partial charge in [0.15, 0.2) is 17.2 Å². The summed E-state index contributed by atoms with van der Waals surface area (Å²) in [6.07, 6.45) is 2.77. The molecule has 252 valence electrons. The number of hydrogen-bond acceptors (Lipinski definition) is 16. The lowest BCUT2D eigenvalue weighted by Crippen LogP contribution is -2.66. The Bertz CT molecular complexity index is 1230. The normalized spacial score (nSPS) is 35.3. The Labute approximate surface area is 257 Å². The van der Waals surface area contributed by atoms with Crippen molar-refractivity contribution in [2.45, 2.75) is 76.3 Å². The first-order valence-corrected chi connectivity index (χ1v) is 14.6. The molecule has 0 heterocycles. The predicted molar refractivity (Wildman–Crippen MR) is 143 cm³/mol. The molecule has 17 heteroatoms. The second-order valence-corrected chi connectivity index (χ2v) is 12.6. The van der Waals surface area contributed by atoms with Crippen LogP contribution in [-0.2, 0) is 38.3 Å². The summed E-state index contributed by atoms with van der Waals surface area (Å²) in [4.78, 5) is 58.5. The molecular weight excluding hydrogens is 605 g/mol. The maximum absolute atomic E-state index is 17.1. The summed E-state index contributed by atoms with van der Waals surface area (Å²) in [6.45, 7) is 1.56. The molecule has 0 saturated heterocycles. The molecule has 4 rings (SSSR count). The first kappa shape index (κ1) is 35.1. The molecule has 16 nitrogen and oxygen atoms in total. The molecule has 0 aromatic carbocycles. The quantitative estimate of drug-likeness (QED) is 0.120. The minimum absolute atomic E-state index is 0.0177. The summed E-state index contributed by atoms with van der Waals surface area (Å²) >= 11 is 0. The number of nitrogens with two attached hydrogens (primary N) is 1. The van der Waals surface area contributed by atoms with E-state index in [0.29, 0.717) is 31.3 Å². The molecular formula is C28H40FN3O13. The summed E-state index contributed by atoms with van der Waals surface area (Å²) in [5, 5.41) is 44.6. The van der Waals surface area contributed by atoms with Gasteiger partial charge in [-0.3, -0.25) is 40.0 Å². The molecule has 3 saturated carbocycles. The first-order chi connectivity index (χ1) is 21.0. The fourth-order valence-corrected chi connectivity index (χ4v) is 7.99.